The second-order valence-electron chi connectivity index (χ2n) is 5.08. The standard InChI is InChI=1S/C16H18F2N2O3S/c1-4-22-14(21)12-9(2)20(3)16(24)19-13(12)10-7-5-6-8-11(10)23-15(17)18/h5-8,13,15H,4H2,1-3H3,(H,19,24). The SMILES string of the molecule is CCOC(=O)C1=C(C)N(C)C(=S)NC1c1ccccc1OC(F)F. The van der Waals surface area contributed by atoms with Crippen molar-refractivity contribution in [1.29, 1.82) is 0 Å². The fourth-order valence-corrected chi connectivity index (χ4v) is 2.72. The first-order chi connectivity index (χ1) is 11.4. The first-order valence-electron chi connectivity index (χ1n) is 7.32. The Bertz CT molecular complexity index is 679. The van der Waals surface area contributed by atoms with Crippen LogP contribution in [0.15, 0.2) is 35.5 Å². The minimum Gasteiger partial charge on any atom is -0.463 e. The van der Waals surface area contributed by atoms with Crippen LogP contribution in [0.3, 0.4) is 0 Å². The molecule has 0 radical (unpaired) electrons. The van der Waals surface area contributed by atoms with E-state index in [1.165, 1.54) is 6.07 Å². The minimum atomic E-state index is -2.97. The van der Waals surface area contributed by atoms with Crippen molar-refractivity contribution in [3.63, 3.8) is 0 Å². The predicted molar refractivity (Wildman–Crippen MR) is 88.6 cm³/mol. The molecule has 0 aliphatic carbocycles. The zero-order chi connectivity index (χ0) is 17.9. The third kappa shape index (κ3) is 3.64. The van der Waals surface area contributed by atoms with Gasteiger partial charge in [0.05, 0.1) is 18.2 Å². The molecule has 8 heteroatoms. The quantitative estimate of drug-likeness (QED) is 0.647. The van der Waals surface area contributed by atoms with Crippen LogP contribution in [0.25, 0.3) is 0 Å². The predicted octanol–water partition coefficient (Wildman–Crippen LogP) is 2.99. The highest BCUT2D eigenvalue weighted by molar-refractivity contribution is 7.80. The summed E-state index contributed by atoms with van der Waals surface area (Å²) in [5.74, 6) is -0.555. The molecule has 1 aliphatic rings. The molecule has 0 fully saturated rings. The number of allylic oxidation sites excluding steroid dienone is 1. The maximum atomic E-state index is 12.7. The monoisotopic (exact) mass is 356 g/mol. The Hall–Kier alpha value is -2.22. The Morgan fingerprint density at radius 1 is 1.42 bits per heavy atom. The van der Waals surface area contributed by atoms with Crippen molar-refractivity contribution in [2.24, 2.45) is 0 Å². The van der Waals surface area contributed by atoms with Gasteiger partial charge in [0, 0.05) is 18.3 Å². The van der Waals surface area contributed by atoms with E-state index in [9.17, 15) is 13.6 Å². The van der Waals surface area contributed by atoms with E-state index in [0.29, 0.717) is 21.9 Å². The smallest absolute Gasteiger partial charge is 0.387 e. The molecule has 0 saturated carbocycles. The van der Waals surface area contributed by atoms with Gasteiger partial charge in [-0.05, 0) is 32.1 Å². The maximum Gasteiger partial charge on any atom is 0.387 e. The lowest BCUT2D eigenvalue weighted by Gasteiger charge is -2.35. The minimum absolute atomic E-state index is 0.0213. The summed E-state index contributed by atoms with van der Waals surface area (Å²) in [7, 11) is 1.71. The van der Waals surface area contributed by atoms with Gasteiger partial charge in [0.1, 0.15) is 5.75 Å². The Kier molecular flexibility index (Phi) is 5.71. The van der Waals surface area contributed by atoms with Crippen molar-refractivity contribution in [2.45, 2.75) is 26.5 Å². The zero-order valence-electron chi connectivity index (χ0n) is 13.5. The molecular weight excluding hydrogens is 338 g/mol. The Balaban J connectivity index is 2.54. The Labute approximate surface area is 144 Å². The number of carbonyl (C=O) groups excluding carboxylic acids is 1. The van der Waals surface area contributed by atoms with Gasteiger partial charge in [-0.25, -0.2) is 4.79 Å². The van der Waals surface area contributed by atoms with Crippen LogP contribution >= 0.6 is 12.2 Å². The number of nitrogens with one attached hydrogen (secondary N) is 1. The van der Waals surface area contributed by atoms with Crippen LogP contribution in [0, 0.1) is 0 Å². The summed E-state index contributed by atoms with van der Waals surface area (Å²) in [4.78, 5) is 14.0. The van der Waals surface area contributed by atoms with Crippen LogP contribution in [0.2, 0.25) is 0 Å². The largest absolute Gasteiger partial charge is 0.463 e. The molecule has 1 aliphatic heterocycles. The van der Waals surface area contributed by atoms with E-state index in [1.54, 1.807) is 44.0 Å². The molecule has 2 rings (SSSR count). The molecular formula is C16H18F2N2O3S. The molecule has 0 aromatic heterocycles. The second-order valence-corrected chi connectivity index (χ2v) is 5.46. The summed E-state index contributed by atoms with van der Waals surface area (Å²) in [6.45, 7) is 0.649. The molecule has 1 aromatic rings. The van der Waals surface area contributed by atoms with E-state index in [2.05, 4.69) is 10.1 Å². The topological polar surface area (TPSA) is 50.8 Å². The number of esters is 1. The van der Waals surface area contributed by atoms with Crippen LogP contribution in [0.1, 0.15) is 25.5 Å². The molecule has 0 saturated heterocycles. The van der Waals surface area contributed by atoms with Crippen molar-refractivity contribution in [3.05, 3.63) is 41.1 Å². The molecule has 130 valence electrons. The number of para-hydroxylation sites is 1. The first kappa shape index (κ1) is 18.1. The lowest BCUT2D eigenvalue weighted by Crippen LogP contribution is -2.46. The fourth-order valence-electron chi connectivity index (χ4n) is 2.46. The normalized spacial score (nSPS) is 17.8. The van der Waals surface area contributed by atoms with Crippen LogP contribution in [-0.2, 0) is 9.53 Å². The summed E-state index contributed by atoms with van der Waals surface area (Å²) in [6, 6.07) is 5.55. The fraction of sp³-hybridized carbons (Fsp3) is 0.375. The molecule has 0 amide bonds. The van der Waals surface area contributed by atoms with E-state index in [4.69, 9.17) is 17.0 Å². The zero-order valence-corrected chi connectivity index (χ0v) is 14.3. The molecule has 1 aromatic carbocycles. The van der Waals surface area contributed by atoms with Crippen molar-refractivity contribution >= 4 is 23.3 Å². The van der Waals surface area contributed by atoms with Gasteiger partial charge >= 0.3 is 12.6 Å². The van der Waals surface area contributed by atoms with E-state index in [0.717, 1.165) is 0 Å². The van der Waals surface area contributed by atoms with Gasteiger partial charge in [-0.1, -0.05) is 18.2 Å². The number of hydrogen-bond donors (Lipinski definition) is 1. The summed E-state index contributed by atoms with van der Waals surface area (Å²) in [5.41, 5.74) is 1.28. The molecule has 1 unspecified atom stereocenters. The second kappa shape index (κ2) is 7.57. The average molecular weight is 356 g/mol. The third-order valence-electron chi connectivity index (χ3n) is 3.70. The number of benzene rings is 1. The number of ether oxygens (including phenoxy) is 2. The number of hydrogen-bond acceptors (Lipinski definition) is 4. The van der Waals surface area contributed by atoms with Crippen molar-refractivity contribution in [2.75, 3.05) is 13.7 Å². The Morgan fingerprint density at radius 2 is 2.08 bits per heavy atom. The number of alkyl halides is 2. The average Bonchev–Trinajstić information content (AvgIpc) is 2.52. The van der Waals surface area contributed by atoms with Gasteiger partial charge in [-0.2, -0.15) is 8.78 Å². The van der Waals surface area contributed by atoms with Gasteiger partial charge in [-0.15, -0.1) is 0 Å². The first-order valence-corrected chi connectivity index (χ1v) is 7.73. The molecule has 1 atom stereocenters. The number of nitrogens with zero attached hydrogens (tertiary/aromatic N) is 1. The summed E-state index contributed by atoms with van der Waals surface area (Å²) in [6.07, 6.45) is 0. The molecule has 0 spiro atoms. The van der Waals surface area contributed by atoms with Crippen molar-refractivity contribution < 1.29 is 23.0 Å². The molecule has 0 bridgehead atoms. The summed E-state index contributed by atoms with van der Waals surface area (Å²) in [5, 5.41) is 3.36. The van der Waals surface area contributed by atoms with Gasteiger partial charge in [0.15, 0.2) is 5.11 Å². The highest BCUT2D eigenvalue weighted by Gasteiger charge is 2.35. The van der Waals surface area contributed by atoms with Gasteiger partial charge < -0.3 is 19.7 Å². The van der Waals surface area contributed by atoms with E-state index in [1.807, 2.05) is 0 Å². The van der Waals surface area contributed by atoms with Crippen LogP contribution in [0.4, 0.5) is 8.78 Å². The lowest BCUT2D eigenvalue weighted by molar-refractivity contribution is -0.139. The lowest BCUT2D eigenvalue weighted by atomic mass is 9.94. The molecule has 1 N–H and O–H groups in total. The van der Waals surface area contributed by atoms with E-state index < -0.39 is 18.6 Å². The summed E-state index contributed by atoms with van der Waals surface area (Å²) >= 11 is 5.26. The van der Waals surface area contributed by atoms with Crippen LogP contribution < -0.4 is 10.1 Å². The van der Waals surface area contributed by atoms with Crippen molar-refractivity contribution in [1.82, 2.24) is 10.2 Å². The summed E-state index contributed by atoms with van der Waals surface area (Å²) < 4.78 is 35.0. The van der Waals surface area contributed by atoms with E-state index >= 15 is 0 Å². The maximum absolute atomic E-state index is 12.7. The number of rotatable bonds is 5. The Morgan fingerprint density at radius 3 is 2.71 bits per heavy atom. The molecule has 24 heavy (non-hydrogen) atoms. The van der Waals surface area contributed by atoms with Crippen molar-refractivity contribution in [3.8, 4) is 5.75 Å². The number of thiocarbonyl (C=S) groups is 1. The van der Waals surface area contributed by atoms with Crippen LogP contribution in [-0.4, -0.2) is 36.2 Å². The highest BCUT2D eigenvalue weighted by atomic mass is 32.1. The molecule has 1 heterocycles. The van der Waals surface area contributed by atoms with Gasteiger partial charge in [0.2, 0.25) is 0 Å². The van der Waals surface area contributed by atoms with Gasteiger partial charge in [0.25, 0.3) is 0 Å². The van der Waals surface area contributed by atoms with Crippen LogP contribution in [0.5, 0.6) is 5.75 Å². The number of halogens is 2. The highest BCUT2D eigenvalue weighted by Crippen LogP contribution is 2.35. The third-order valence-corrected chi connectivity index (χ3v) is 4.09. The molecule has 5 nitrogen and oxygen atoms in total. The van der Waals surface area contributed by atoms with Gasteiger partial charge in [-0.3, -0.25) is 0 Å². The van der Waals surface area contributed by atoms with E-state index in [-0.39, 0.29) is 12.4 Å². The number of carbonyl (C=O) groups is 1.